The Bertz CT molecular complexity index is 802. The number of aromatic nitrogens is 2. The van der Waals surface area contributed by atoms with Crippen LogP contribution in [0.5, 0.6) is 5.75 Å². The zero-order valence-electron chi connectivity index (χ0n) is 10.0. The van der Waals surface area contributed by atoms with Gasteiger partial charge in [-0.1, -0.05) is 13.8 Å². The normalized spacial score (nSPS) is 11.7. The molecule has 2 N–H and O–H groups in total. The molecule has 18 heavy (non-hydrogen) atoms. The molecule has 3 rings (SSSR count). The number of fused-ring (bicyclic) bond motifs is 3. The van der Waals surface area contributed by atoms with Gasteiger partial charge in [-0.3, -0.25) is 4.79 Å². The molecule has 0 spiro atoms. The Hall–Kier alpha value is -1.88. The molecule has 0 saturated carbocycles. The molecule has 0 amide bonds. The van der Waals surface area contributed by atoms with Gasteiger partial charge in [-0.2, -0.15) is 0 Å². The first-order valence-corrected chi connectivity index (χ1v) is 6.53. The van der Waals surface area contributed by atoms with Crippen LogP contribution in [0.15, 0.2) is 23.0 Å². The van der Waals surface area contributed by atoms with E-state index in [0.29, 0.717) is 16.1 Å². The van der Waals surface area contributed by atoms with Gasteiger partial charge in [0.25, 0.3) is 5.56 Å². The van der Waals surface area contributed by atoms with Gasteiger partial charge < -0.3 is 10.1 Å². The van der Waals surface area contributed by atoms with Gasteiger partial charge in [0.1, 0.15) is 10.6 Å². The maximum atomic E-state index is 11.4. The van der Waals surface area contributed by atoms with E-state index in [1.165, 1.54) is 17.4 Å². The van der Waals surface area contributed by atoms with E-state index in [1.807, 2.05) is 12.1 Å². The molecule has 3 heterocycles. The fourth-order valence-electron chi connectivity index (χ4n) is 1.97. The molecule has 3 aromatic rings. The standard InChI is InChI=1S/C13H12N2O2S/c1-6(2)8-4-3-7-11-12(18-13(7)14-8)9(16)5-10(17)15-11/h3-6H,1-2H3,(H2,15,16,17). The van der Waals surface area contributed by atoms with Gasteiger partial charge in [0, 0.05) is 17.1 Å². The van der Waals surface area contributed by atoms with Crippen LogP contribution in [0.3, 0.4) is 0 Å². The van der Waals surface area contributed by atoms with Gasteiger partial charge in [-0.05, 0) is 18.1 Å². The second kappa shape index (κ2) is 3.81. The van der Waals surface area contributed by atoms with Crippen molar-refractivity contribution in [2.45, 2.75) is 19.8 Å². The Labute approximate surface area is 107 Å². The van der Waals surface area contributed by atoms with Crippen LogP contribution < -0.4 is 5.56 Å². The van der Waals surface area contributed by atoms with Gasteiger partial charge in [-0.25, -0.2) is 4.98 Å². The number of rotatable bonds is 1. The number of hydrogen-bond donors (Lipinski definition) is 2. The number of thiophene rings is 1. The highest BCUT2D eigenvalue weighted by Gasteiger charge is 2.12. The van der Waals surface area contributed by atoms with Crippen LogP contribution in [0.2, 0.25) is 0 Å². The third-order valence-electron chi connectivity index (χ3n) is 2.92. The van der Waals surface area contributed by atoms with E-state index in [-0.39, 0.29) is 11.3 Å². The monoisotopic (exact) mass is 260 g/mol. The van der Waals surface area contributed by atoms with Crippen LogP contribution in [-0.2, 0) is 0 Å². The Kier molecular flexibility index (Phi) is 2.38. The molecular weight excluding hydrogens is 248 g/mol. The van der Waals surface area contributed by atoms with E-state index in [9.17, 15) is 9.90 Å². The molecule has 0 aliphatic carbocycles. The Balaban J connectivity index is 2.43. The minimum Gasteiger partial charge on any atom is -0.506 e. The minimum absolute atomic E-state index is 0.0165. The van der Waals surface area contributed by atoms with Gasteiger partial charge in [0.05, 0.1) is 10.2 Å². The molecule has 0 unspecified atom stereocenters. The third kappa shape index (κ3) is 1.59. The lowest BCUT2D eigenvalue weighted by Crippen LogP contribution is -2.01. The zero-order valence-corrected chi connectivity index (χ0v) is 10.8. The molecule has 0 aliphatic rings. The lowest BCUT2D eigenvalue weighted by Gasteiger charge is -2.02. The van der Waals surface area contributed by atoms with Crippen molar-refractivity contribution in [2.24, 2.45) is 0 Å². The molecule has 0 saturated heterocycles. The van der Waals surface area contributed by atoms with Crippen molar-refractivity contribution in [1.82, 2.24) is 9.97 Å². The number of pyridine rings is 2. The Morgan fingerprint density at radius 2 is 2.17 bits per heavy atom. The fraction of sp³-hybridized carbons (Fsp3) is 0.231. The van der Waals surface area contributed by atoms with E-state index in [1.54, 1.807) is 0 Å². The highest BCUT2D eigenvalue weighted by atomic mass is 32.1. The van der Waals surface area contributed by atoms with E-state index in [4.69, 9.17) is 0 Å². The van der Waals surface area contributed by atoms with Crippen molar-refractivity contribution in [3.63, 3.8) is 0 Å². The summed E-state index contributed by atoms with van der Waals surface area (Å²) in [6.45, 7) is 4.17. The number of aromatic hydroxyl groups is 1. The molecular formula is C13H12N2O2S. The lowest BCUT2D eigenvalue weighted by atomic mass is 10.1. The maximum Gasteiger partial charge on any atom is 0.252 e. The second-order valence-corrected chi connectivity index (χ2v) is 5.57. The van der Waals surface area contributed by atoms with Gasteiger partial charge >= 0.3 is 0 Å². The van der Waals surface area contributed by atoms with Crippen LogP contribution in [0.4, 0.5) is 0 Å². The van der Waals surface area contributed by atoms with Crippen molar-refractivity contribution in [3.8, 4) is 5.75 Å². The molecule has 0 aromatic carbocycles. The van der Waals surface area contributed by atoms with E-state index >= 15 is 0 Å². The number of hydrogen-bond acceptors (Lipinski definition) is 4. The molecule has 0 atom stereocenters. The van der Waals surface area contributed by atoms with E-state index in [0.717, 1.165) is 15.9 Å². The Morgan fingerprint density at radius 1 is 1.39 bits per heavy atom. The molecule has 92 valence electrons. The van der Waals surface area contributed by atoms with Gasteiger partial charge in [-0.15, -0.1) is 11.3 Å². The topological polar surface area (TPSA) is 66.0 Å². The molecule has 5 heteroatoms. The summed E-state index contributed by atoms with van der Waals surface area (Å²) >= 11 is 1.40. The first-order chi connectivity index (χ1) is 8.56. The molecule has 4 nitrogen and oxygen atoms in total. The van der Waals surface area contributed by atoms with Crippen LogP contribution >= 0.6 is 11.3 Å². The smallest absolute Gasteiger partial charge is 0.252 e. The van der Waals surface area contributed by atoms with Crippen molar-refractivity contribution in [3.05, 3.63) is 34.2 Å². The highest BCUT2D eigenvalue weighted by molar-refractivity contribution is 7.25. The number of nitrogens with one attached hydrogen (secondary N) is 1. The van der Waals surface area contributed by atoms with Crippen LogP contribution in [0.25, 0.3) is 20.4 Å². The van der Waals surface area contributed by atoms with E-state index in [2.05, 4.69) is 23.8 Å². The van der Waals surface area contributed by atoms with E-state index < -0.39 is 0 Å². The van der Waals surface area contributed by atoms with Gasteiger partial charge in [0.2, 0.25) is 0 Å². The first-order valence-electron chi connectivity index (χ1n) is 5.71. The van der Waals surface area contributed by atoms with Crippen molar-refractivity contribution in [2.75, 3.05) is 0 Å². The predicted molar refractivity (Wildman–Crippen MR) is 73.5 cm³/mol. The second-order valence-electron chi connectivity index (χ2n) is 4.57. The Morgan fingerprint density at radius 3 is 2.89 bits per heavy atom. The molecule has 0 radical (unpaired) electrons. The summed E-state index contributed by atoms with van der Waals surface area (Å²) in [5.41, 5.74) is 1.38. The SMILES string of the molecule is CC(C)c1ccc2c(n1)sc1c(O)cc(=O)[nH]c12. The highest BCUT2D eigenvalue weighted by Crippen LogP contribution is 2.36. The third-order valence-corrected chi connectivity index (χ3v) is 4.04. The number of aromatic amines is 1. The predicted octanol–water partition coefficient (Wildman–Crippen LogP) is 2.97. The number of H-pyrrole nitrogens is 1. The summed E-state index contributed by atoms with van der Waals surface area (Å²) in [4.78, 5) is 19.6. The van der Waals surface area contributed by atoms with Crippen molar-refractivity contribution < 1.29 is 5.11 Å². The molecule has 0 aliphatic heterocycles. The molecule has 3 aromatic heterocycles. The zero-order chi connectivity index (χ0) is 12.9. The first kappa shape index (κ1) is 11.2. The largest absolute Gasteiger partial charge is 0.506 e. The molecule has 0 bridgehead atoms. The maximum absolute atomic E-state index is 11.4. The number of nitrogens with zero attached hydrogens (tertiary/aromatic N) is 1. The van der Waals surface area contributed by atoms with Crippen LogP contribution in [0.1, 0.15) is 25.5 Å². The summed E-state index contributed by atoms with van der Waals surface area (Å²) in [5, 5.41) is 10.7. The summed E-state index contributed by atoms with van der Waals surface area (Å²) in [7, 11) is 0. The van der Waals surface area contributed by atoms with Gasteiger partial charge in [0.15, 0.2) is 0 Å². The summed E-state index contributed by atoms with van der Waals surface area (Å²) in [5.74, 6) is 0.370. The summed E-state index contributed by atoms with van der Waals surface area (Å²) < 4.78 is 0.679. The van der Waals surface area contributed by atoms with Crippen LogP contribution in [0, 0.1) is 0 Å². The van der Waals surface area contributed by atoms with Crippen LogP contribution in [-0.4, -0.2) is 15.1 Å². The van der Waals surface area contributed by atoms with Crippen molar-refractivity contribution in [1.29, 1.82) is 0 Å². The fourth-order valence-corrected chi connectivity index (χ4v) is 3.02. The quantitative estimate of drug-likeness (QED) is 0.707. The minimum atomic E-state index is -0.298. The average Bonchev–Trinajstić information content (AvgIpc) is 2.67. The lowest BCUT2D eigenvalue weighted by molar-refractivity contribution is 0.481. The molecule has 0 fully saturated rings. The average molecular weight is 260 g/mol. The summed E-state index contributed by atoms with van der Waals surface area (Å²) in [6.07, 6.45) is 0. The summed E-state index contributed by atoms with van der Waals surface area (Å²) in [6, 6.07) is 5.11. The van der Waals surface area contributed by atoms with Crippen molar-refractivity contribution >= 4 is 31.8 Å².